The van der Waals surface area contributed by atoms with E-state index in [9.17, 15) is 0 Å². The first-order valence-electron chi connectivity index (χ1n) is 6.19. The third kappa shape index (κ3) is 4.35. The van der Waals surface area contributed by atoms with Gasteiger partial charge in [-0.2, -0.15) is 5.10 Å². The number of aromatic nitrogens is 2. The van der Waals surface area contributed by atoms with E-state index in [-0.39, 0.29) is 5.54 Å². The molecule has 0 spiro atoms. The molecule has 16 heavy (non-hydrogen) atoms. The van der Waals surface area contributed by atoms with Gasteiger partial charge in [-0.15, -0.1) is 0 Å². The van der Waals surface area contributed by atoms with Crippen LogP contribution in [0.1, 0.15) is 46.6 Å². The van der Waals surface area contributed by atoms with E-state index in [1.165, 1.54) is 5.56 Å². The largest absolute Gasteiger partial charge is 0.308 e. The quantitative estimate of drug-likeness (QED) is 0.803. The van der Waals surface area contributed by atoms with Gasteiger partial charge in [0.1, 0.15) is 0 Å². The lowest BCUT2D eigenvalue weighted by atomic mass is 10.0. The summed E-state index contributed by atoms with van der Waals surface area (Å²) >= 11 is 0. The highest BCUT2D eigenvalue weighted by Crippen LogP contribution is 2.09. The molecule has 0 radical (unpaired) electrons. The Hall–Kier alpha value is -0.830. The highest BCUT2D eigenvalue weighted by Gasteiger charge is 2.13. The summed E-state index contributed by atoms with van der Waals surface area (Å²) in [5, 5.41) is 7.90. The third-order valence-electron chi connectivity index (χ3n) is 2.89. The van der Waals surface area contributed by atoms with Gasteiger partial charge in [-0.05, 0) is 26.2 Å². The van der Waals surface area contributed by atoms with Crippen LogP contribution in [0.5, 0.6) is 0 Å². The van der Waals surface area contributed by atoms with Crippen LogP contribution in [0.2, 0.25) is 0 Å². The summed E-state index contributed by atoms with van der Waals surface area (Å²) in [4.78, 5) is 0. The maximum atomic E-state index is 4.36. The number of rotatable bonds is 6. The van der Waals surface area contributed by atoms with E-state index < -0.39 is 0 Å². The highest BCUT2D eigenvalue weighted by molar-refractivity contribution is 5.04. The normalized spacial score (nSPS) is 12.4. The van der Waals surface area contributed by atoms with E-state index in [0.29, 0.717) is 5.92 Å². The van der Waals surface area contributed by atoms with E-state index in [2.05, 4.69) is 51.2 Å². The summed E-state index contributed by atoms with van der Waals surface area (Å²) in [5.74, 6) is 0.646. The Morgan fingerprint density at radius 1 is 1.44 bits per heavy atom. The van der Waals surface area contributed by atoms with Crippen molar-refractivity contribution < 1.29 is 0 Å². The van der Waals surface area contributed by atoms with Crippen LogP contribution in [0.15, 0.2) is 12.4 Å². The molecule has 0 unspecified atom stereocenters. The van der Waals surface area contributed by atoms with E-state index in [0.717, 1.165) is 19.5 Å². The molecule has 1 N–H and O–H groups in total. The van der Waals surface area contributed by atoms with Gasteiger partial charge in [0, 0.05) is 30.4 Å². The number of hydrogen-bond donors (Lipinski definition) is 1. The smallest absolute Gasteiger partial charge is 0.0534 e. The van der Waals surface area contributed by atoms with E-state index in [4.69, 9.17) is 0 Å². The standard InChI is InChI=1S/C13H25N3/c1-6-13(4,5)14-7-12-8-15-16(10-12)9-11(2)3/h8,10-11,14H,6-7,9H2,1-5H3. The third-order valence-corrected chi connectivity index (χ3v) is 2.89. The summed E-state index contributed by atoms with van der Waals surface area (Å²) < 4.78 is 2.03. The molecule has 1 aromatic heterocycles. The van der Waals surface area contributed by atoms with Crippen molar-refractivity contribution in [1.82, 2.24) is 15.1 Å². The maximum Gasteiger partial charge on any atom is 0.0534 e. The molecule has 1 aromatic rings. The fraction of sp³-hybridized carbons (Fsp3) is 0.769. The van der Waals surface area contributed by atoms with Gasteiger partial charge in [-0.3, -0.25) is 4.68 Å². The Morgan fingerprint density at radius 2 is 2.12 bits per heavy atom. The first-order valence-corrected chi connectivity index (χ1v) is 6.19. The average Bonchev–Trinajstić information content (AvgIpc) is 2.62. The molecule has 0 saturated carbocycles. The minimum absolute atomic E-state index is 0.208. The maximum absolute atomic E-state index is 4.36. The molecule has 0 aliphatic carbocycles. The van der Waals surface area contributed by atoms with Crippen molar-refractivity contribution in [2.75, 3.05) is 0 Å². The second-order valence-corrected chi connectivity index (χ2v) is 5.56. The zero-order valence-corrected chi connectivity index (χ0v) is 11.2. The first-order chi connectivity index (χ1) is 7.43. The minimum Gasteiger partial charge on any atom is -0.308 e. The molecule has 3 nitrogen and oxygen atoms in total. The predicted molar refractivity (Wildman–Crippen MR) is 68.3 cm³/mol. The predicted octanol–water partition coefficient (Wildman–Crippen LogP) is 2.82. The van der Waals surface area contributed by atoms with Crippen LogP contribution in [0.4, 0.5) is 0 Å². The van der Waals surface area contributed by atoms with E-state index in [1.54, 1.807) is 0 Å². The fourth-order valence-electron chi connectivity index (χ4n) is 1.44. The molecule has 0 saturated heterocycles. The Labute approximate surface area is 99.2 Å². The van der Waals surface area contributed by atoms with Crippen LogP contribution >= 0.6 is 0 Å². The van der Waals surface area contributed by atoms with Gasteiger partial charge in [0.05, 0.1) is 6.20 Å². The molecule has 3 heteroatoms. The lowest BCUT2D eigenvalue weighted by molar-refractivity contribution is 0.374. The second-order valence-electron chi connectivity index (χ2n) is 5.56. The molecule has 0 aliphatic rings. The topological polar surface area (TPSA) is 29.9 Å². The zero-order valence-electron chi connectivity index (χ0n) is 11.2. The molecule has 0 amide bonds. The van der Waals surface area contributed by atoms with Gasteiger partial charge in [0.15, 0.2) is 0 Å². The fourth-order valence-corrected chi connectivity index (χ4v) is 1.44. The Balaban J connectivity index is 2.46. The Kier molecular flexibility index (Phi) is 4.54. The summed E-state index contributed by atoms with van der Waals surface area (Å²) in [7, 11) is 0. The van der Waals surface area contributed by atoms with Crippen molar-refractivity contribution in [3.05, 3.63) is 18.0 Å². The van der Waals surface area contributed by atoms with Gasteiger partial charge < -0.3 is 5.32 Å². The van der Waals surface area contributed by atoms with Crippen LogP contribution in [-0.4, -0.2) is 15.3 Å². The monoisotopic (exact) mass is 223 g/mol. The van der Waals surface area contributed by atoms with Crippen LogP contribution in [0.3, 0.4) is 0 Å². The molecule has 0 bridgehead atoms. The lowest BCUT2D eigenvalue weighted by Gasteiger charge is -2.24. The van der Waals surface area contributed by atoms with Crippen molar-refractivity contribution in [3.8, 4) is 0 Å². The lowest BCUT2D eigenvalue weighted by Crippen LogP contribution is -2.37. The molecule has 0 aromatic carbocycles. The van der Waals surface area contributed by atoms with Crippen molar-refractivity contribution in [2.24, 2.45) is 5.92 Å². The molecule has 1 heterocycles. The van der Waals surface area contributed by atoms with Crippen LogP contribution < -0.4 is 5.32 Å². The van der Waals surface area contributed by atoms with Gasteiger partial charge in [-0.1, -0.05) is 20.8 Å². The van der Waals surface area contributed by atoms with Gasteiger partial charge in [0.2, 0.25) is 0 Å². The van der Waals surface area contributed by atoms with Crippen LogP contribution in [0, 0.1) is 5.92 Å². The molecule has 0 fully saturated rings. The van der Waals surface area contributed by atoms with Gasteiger partial charge >= 0.3 is 0 Å². The van der Waals surface area contributed by atoms with Gasteiger partial charge in [0.25, 0.3) is 0 Å². The summed E-state index contributed by atoms with van der Waals surface area (Å²) in [6.07, 6.45) is 5.23. The Bertz CT molecular complexity index is 313. The van der Waals surface area contributed by atoms with Gasteiger partial charge in [-0.25, -0.2) is 0 Å². The van der Waals surface area contributed by atoms with E-state index in [1.807, 2.05) is 10.9 Å². The Morgan fingerprint density at radius 3 is 2.69 bits per heavy atom. The van der Waals surface area contributed by atoms with E-state index >= 15 is 0 Å². The molecular weight excluding hydrogens is 198 g/mol. The summed E-state index contributed by atoms with van der Waals surface area (Å²) in [5.41, 5.74) is 1.47. The first kappa shape index (κ1) is 13.2. The van der Waals surface area contributed by atoms with Crippen molar-refractivity contribution in [1.29, 1.82) is 0 Å². The number of nitrogens with zero attached hydrogens (tertiary/aromatic N) is 2. The molecular formula is C13H25N3. The molecule has 1 rings (SSSR count). The van der Waals surface area contributed by atoms with Crippen molar-refractivity contribution in [3.63, 3.8) is 0 Å². The number of hydrogen-bond acceptors (Lipinski definition) is 2. The zero-order chi connectivity index (χ0) is 12.2. The van der Waals surface area contributed by atoms with Crippen LogP contribution in [-0.2, 0) is 13.1 Å². The summed E-state index contributed by atoms with van der Waals surface area (Å²) in [6, 6.07) is 0. The second kappa shape index (κ2) is 5.48. The number of nitrogens with one attached hydrogen (secondary N) is 1. The van der Waals surface area contributed by atoms with Crippen LogP contribution in [0.25, 0.3) is 0 Å². The minimum atomic E-state index is 0.208. The van der Waals surface area contributed by atoms with Crippen molar-refractivity contribution >= 4 is 0 Å². The molecule has 0 aliphatic heterocycles. The SMILES string of the molecule is CCC(C)(C)NCc1cnn(CC(C)C)c1. The van der Waals surface area contributed by atoms with Crippen molar-refractivity contribution in [2.45, 2.75) is 59.7 Å². The highest BCUT2D eigenvalue weighted by atomic mass is 15.3. The molecule has 0 atom stereocenters. The average molecular weight is 223 g/mol. The molecule has 92 valence electrons. The summed E-state index contributed by atoms with van der Waals surface area (Å²) in [6.45, 7) is 13.0.